The molecule has 2 N–H and O–H groups in total. The number of aromatic hydroxyl groups is 1. The summed E-state index contributed by atoms with van der Waals surface area (Å²) in [7, 11) is 1.22. The number of hydrogen-bond acceptors (Lipinski definition) is 8. The maximum Gasteiger partial charge on any atom is 0.433 e. The van der Waals surface area contributed by atoms with E-state index in [1.807, 2.05) is 0 Å². The Balaban J connectivity index is 1.27. The summed E-state index contributed by atoms with van der Waals surface area (Å²) in [5.74, 6) is -8.88. The van der Waals surface area contributed by atoms with Crippen LogP contribution in [0.1, 0.15) is 35.6 Å². The van der Waals surface area contributed by atoms with Gasteiger partial charge in [-0.25, -0.2) is 9.37 Å². The summed E-state index contributed by atoms with van der Waals surface area (Å²) in [5, 5.41) is 13.4. The number of phenols is 1. The molecular weight excluding hydrogens is 765 g/mol. The van der Waals surface area contributed by atoms with Crippen molar-refractivity contribution in [3.63, 3.8) is 0 Å². The number of carbonyl (C=O) groups is 4. The zero-order valence-corrected chi connectivity index (χ0v) is 30.1. The summed E-state index contributed by atoms with van der Waals surface area (Å²) >= 11 is 12.6. The van der Waals surface area contributed by atoms with Crippen LogP contribution in [-0.4, -0.2) is 50.8 Å². The van der Waals surface area contributed by atoms with Gasteiger partial charge < -0.3 is 5.11 Å². The van der Waals surface area contributed by atoms with Crippen LogP contribution in [-0.2, 0) is 30.8 Å². The molecule has 4 aliphatic rings. The predicted octanol–water partition coefficient (Wildman–Crippen LogP) is 7.29. The highest BCUT2D eigenvalue weighted by Gasteiger charge is 2.70. The Morgan fingerprint density at radius 3 is 2.29 bits per heavy atom. The SMILES string of the molecule is CN(c1nc(C(F)(F)F)ccc1Cl)N1C(=O)[C@H]2[C@H](CC=C3[C@H]2C[C@H]2C(=O)N(Nc4ccc(F)cc4)C(=O)[C@@]2(c2ccc(Cl)cc2)[C@H]3c2cccc(O)c2)C1=O. The topological polar surface area (TPSA) is 123 Å². The fraction of sp³-hybridized carbons (Fsp3) is 0.256. The van der Waals surface area contributed by atoms with Crippen LogP contribution < -0.4 is 10.4 Å². The number of imide groups is 2. The van der Waals surface area contributed by atoms with Crippen LogP contribution in [0.4, 0.5) is 29.1 Å². The average molecular weight is 795 g/mol. The number of allylic oxidation sites excluding steroid dienone is 2. The number of halogens is 6. The molecule has 1 aromatic heterocycles. The zero-order chi connectivity index (χ0) is 39.1. The molecule has 6 atom stereocenters. The van der Waals surface area contributed by atoms with E-state index >= 15 is 4.79 Å². The summed E-state index contributed by atoms with van der Waals surface area (Å²) in [6, 6.07) is 19.4. The second-order valence-corrected chi connectivity index (χ2v) is 14.8. The van der Waals surface area contributed by atoms with Crippen molar-refractivity contribution in [3.8, 4) is 5.75 Å². The Kier molecular flexibility index (Phi) is 8.69. The van der Waals surface area contributed by atoms with Crippen molar-refractivity contribution in [3.05, 3.63) is 129 Å². The number of phenolic OH excluding ortho intramolecular Hbond substituents is 1. The Morgan fingerprint density at radius 1 is 0.909 bits per heavy atom. The molecule has 0 bridgehead atoms. The highest BCUT2D eigenvalue weighted by molar-refractivity contribution is 6.33. The van der Waals surface area contributed by atoms with Crippen LogP contribution in [0, 0.1) is 29.5 Å². The third-order valence-corrected chi connectivity index (χ3v) is 11.7. The first-order valence-corrected chi connectivity index (χ1v) is 17.9. The number of hydrogen-bond donors (Lipinski definition) is 2. The molecule has 2 aliphatic heterocycles. The molecule has 3 heterocycles. The number of anilines is 2. The molecular formula is C39H29Cl2F4N5O5. The minimum atomic E-state index is -4.84. The van der Waals surface area contributed by atoms with E-state index in [-0.39, 0.29) is 29.3 Å². The number of carbonyl (C=O) groups excluding carboxylic acids is 4. The Morgan fingerprint density at radius 2 is 1.62 bits per heavy atom. The molecule has 55 heavy (non-hydrogen) atoms. The van der Waals surface area contributed by atoms with Crippen LogP contribution >= 0.6 is 23.2 Å². The van der Waals surface area contributed by atoms with Gasteiger partial charge in [0.25, 0.3) is 23.6 Å². The first-order chi connectivity index (χ1) is 26.1. The lowest BCUT2D eigenvalue weighted by atomic mass is 9.49. The molecule has 10 nitrogen and oxygen atoms in total. The van der Waals surface area contributed by atoms with E-state index in [1.165, 1.54) is 31.3 Å². The van der Waals surface area contributed by atoms with Crippen LogP contribution in [0.25, 0.3) is 0 Å². The van der Waals surface area contributed by atoms with Crippen molar-refractivity contribution in [2.24, 2.45) is 23.7 Å². The van der Waals surface area contributed by atoms with Crippen molar-refractivity contribution in [2.75, 3.05) is 17.5 Å². The number of nitrogens with one attached hydrogen (secondary N) is 1. The van der Waals surface area contributed by atoms with Gasteiger partial charge in [0, 0.05) is 18.0 Å². The van der Waals surface area contributed by atoms with E-state index in [1.54, 1.807) is 42.5 Å². The number of rotatable bonds is 6. The van der Waals surface area contributed by atoms with E-state index in [0.29, 0.717) is 27.8 Å². The summed E-state index contributed by atoms with van der Waals surface area (Å²) in [6.07, 6.45) is -3.12. The molecule has 16 heteroatoms. The van der Waals surface area contributed by atoms with Crippen LogP contribution in [0.15, 0.2) is 96.6 Å². The molecule has 1 saturated carbocycles. The number of hydrazine groups is 2. The van der Waals surface area contributed by atoms with Gasteiger partial charge in [-0.2, -0.15) is 23.2 Å². The van der Waals surface area contributed by atoms with Crippen LogP contribution in [0.3, 0.4) is 0 Å². The number of benzene rings is 3. The second-order valence-electron chi connectivity index (χ2n) is 14.0. The lowest BCUT2D eigenvalue weighted by molar-refractivity contribution is -0.142. The maximum atomic E-state index is 15.2. The molecule has 0 spiro atoms. The predicted molar refractivity (Wildman–Crippen MR) is 192 cm³/mol. The van der Waals surface area contributed by atoms with Gasteiger partial charge in [0.2, 0.25) is 0 Å². The maximum absolute atomic E-state index is 15.2. The van der Waals surface area contributed by atoms with Crippen molar-refractivity contribution in [1.29, 1.82) is 0 Å². The number of aromatic nitrogens is 1. The van der Waals surface area contributed by atoms with E-state index in [2.05, 4.69) is 10.4 Å². The van der Waals surface area contributed by atoms with Gasteiger partial charge in [0.05, 0.1) is 33.9 Å². The average Bonchev–Trinajstić information content (AvgIpc) is 3.52. The Bertz CT molecular complexity index is 2310. The zero-order valence-electron chi connectivity index (χ0n) is 28.6. The van der Waals surface area contributed by atoms with Gasteiger partial charge in [-0.15, -0.1) is 0 Å². The molecule has 4 aromatic rings. The minimum absolute atomic E-state index is 0.0194. The molecule has 0 unspecified atom stereocenters. The third-order valence-electron chi connectivity index (χ3n) is 11.2. The molecule has 282 valence electrons. The van der Waals surface area contributed by atoms with Gasteiger partial charge in [0.15, 0.2) is 5.82 Å². The largest absolute Gasteiger partial charge is 0.508 e. The van der Waals surface area contributed by atoms with Crippen molar-refractivity contribution in [2.45, 2.75) is 30.4 Å². The second kappa shape index (κ2) is 13.1. The number of fused-ring (bicyclic) bond motifs is 4. The van der Waals surface area contributed by atoms with Crippen LogP contribution in [0.5, 0.6) is 5.75 Å². The third kappa shape index (κ3) is 5.64. The van der Waals surface area contributed by atoms with Gasteiger partial charge in [-0.1, -0.05) is 59.1 Å². The molecule has 2 aliphatic carbocycles. The van der Waals surface area contributed by atoms with E-state index in [9.17, 15) is 37.1 Å². The van der Waals surface area contributed by atoms with Gasteiger partial charge >= 0.3 is 6.18 Å². The summed E-state index contributed by atoms with van der Waals surface area (Å²) in [4.78, 5) is 62.2. The van der Waals surface area contributed by atoms with Gasteiger partial charge in [-0.3, -0.25) is 29.6 Å². The molecule has 8 rings (SSSR count). The van der Waals surface area contributed by atoms with Gasteiger partial charge in [-0.05, 0) is 90.6 Å². The first kappa shape index (κ1) is 36.5. The molecule has 0 radical (unpaired) electrons. The molecule has 3 fully saturated rings. The summed E-state index contributed by atoms with van der Waals surface area (Å²) < 4.78 is 54.8. The fourth-order valence-corrected chi connectivity index (χ4v) is 9.28. The standard InChI is InChI=1S/C39H29Cl2F4N5O5/c1-48(33-29(41)15-16-30(46-33)39(43,44)45)50-34(52)26-14-13-25-27(31(26)36(50)54)18-28-35(53)49(47-23-11-9-22(42)10-12-23)37(55)38(28,20-5-7-21(40)8-6-20)32(25)19-3-2-4-24(51)17-19/h2-13,15-17,26-28,31-32,47,51H,14,18H2,1H3/t26-,27+,28-,31-,32-,38+/m0/s1. The number of alkyl halides is 3. The Labute approximate surface area is 320 Å². The molecule has 3 aromatic carbocycles. The quantitative estimate of drug-likeness (QED) is 0.119. The normalized spacial score (nSPS) is 26.1. The van der Waals surface area contributed by atoms with Crippen molar-refractivity contribution < 1.29 is 41.8 Å². The summed E-state index contributed by atoms with van der Waals surface area (Å²) in [6.45, 7) is 0. The lowest BCUT2D eigenvalue weighted by Gasteiger charge is -2.50. The molecule has 4 amide bonds. The minimum Gasteiger partial charge on any atom is -0.508 e. The van der Waals surface area contributed by atoms with Gasteiger partial charge in [0.1, 0.15) is 17.3 Å². The first-order valence-electron chi connectivity index (χ1n) is 17.1. The number of nitrogens with zero attached hydrogens (tertiary/aromatic N) is 4. The fourth-order valence-electron chi connectivity index (χ4n) is 8.92. The monoisotopic (exact) mass is 793 g/mol. The smallest absolute Gasteiger partial charge is 0.433 e. The van der Waals surface area contributed by atoms with Crippen molar-refractivity contribution in [1.82, 2.24) is 15.0 Å². The van der Waals surface area contributed by atoms with Crippen molar-refractivity contribution >= 4 is 58.3 Å². The number of amides is 4. The van der Waals surface area contributed by atoms with E-state index < -0.39 is 82.1 Å². The molecule has 2 saturated heterocycles. The van der Waals surface area contributed by atoms with E-state index in [4.69, 9.17) is 23.2 Å². The Hall–Kier alpha value is -5.47. The highest BCUT2D eigenvalue weighted by atomic mass is 35.5. The highest BCUT2D eigenvalue weighted by Crippen LogP contribution is 2.64. The van der Waals surface area contributed by atoms with E-state index in [0.717, 1.165) is 33.2 Å². The number of pyridine rings is 1. The van der Waals surface area contributed by atoms with Crippen LogP contribution in [0.2, 0.25) is 10.0 Å². The summed E-state index contributed by atoms with van der Waals surface area (Å²) in [5.41, 5.74) is 1.60. The lowest BCUT2D eigenvalue weighted by Crippen LogP contribution is -2.53.